The third-order valence-electron chi connectivity index (χ3n) is 3.00. The highest BCUT2D eigenvalue weighted by Crippen LogP contribution is 2.23. The molecule has 0 aliphatic heterocycles. The number of carbonyl (C=O) groups excluding carboxylic acids is 1. The zero-order valence-corrected chi connectivity index (χ0v) is 14.0. The molecule has 2 rings (SSSR count). The molecule has 0 radical (unpaired) electrons. The number of anilines is 1. The smallest absolute Gasteiger partial charge is 0.261 e. The maximum Gasteiger partial charge on any atom is 0.261 e. The number of sulfonamides is 1. The van der Waals surface area contributed by atoms with Gasteiger partial charge in [0.15, 0.2) is 5.78 Å². The van der Waals surface area contributed by atoms with Gasteiger partial charge in [0.05, 0.1) is 10.6 Å². The van der Waals surface area contributed by atoms with Crippen LogP contribution in [0.25, 0.3) is 0 Å². The average molecular weight is 368 g/mol. The van der Waals surface area contributed by atoms with Crippen LogP contribution in [-0.2, 0) is 10.0 Å². The maximum atomic E-state index is 12.3. The van der Waals surface area contributed by atoms with Gasteiger partial charge in [0.1, 0.15) is 0 Å². The van der Waals surface area contributed by atoms with Gasteiger partial charge in [-0.05, 0) is 49.7 Å². The highest BCUT2D eigenvalue weighted by molar-refractivity contribution is 9.10. The molecule has 0 atom stereocenters. The highest BCUT2D eigenvalue weighted by Gasteiger charge is 2.15. The van der Waals surface area contributed by atoms with Crippen molar-refractivity contribution >= 4 is 37.4 Å². The van der Waals surface area contributed by atoms with E-state index in [2.05, 4.69) is 20.7 Å². The molecular formula is C15H14BrNO3S. The van der Waals surface area contributed by atoms with Crippen LogP contribution in [0.1, 0.15) is 22.8 Å². The second-order valence-corrected chi connectivity index (χ2v) is 7.24. The number of benzene rings is 2. The number of aryl methyl sites for hydroxylation is 1. The molecule has 0 saturated heterocycles. The van der Waals surface area contributed by atoms with Crippen LogP contribution in [0.15, 0.2) is 51.8 Å². The predicted molar refractivity (Wildman–Crippen MR) is 86.1 cm³/mol. The summed E-state index contributed by atoms with van der Waals surface area (Å²) in [6.07, 6.45) is 0. The van der Waals surface area contributed by atoms with Gasteiger partial charge in [-0.25, -0.2) is 8.42 Å². The lowest BCUT2D eigenvalue weighted by atomic mass is 10.2. The summed E-state index contributed by atoms with van der Waals surface area (Å²) in [6, 6.07) is 11.2. The minimum atomic E-state index is -3.67. The van der Waals surface area contributed by atoms with Gasteiger partial charge in [-0.1, -0.05) is 28.1 Å². The predicted octanol–water partition coefficient (Wildman–Crippen LogP) is 3.76. The van der Waals surface area contributed by atoms with E-state index in [9.17, 15) is 13.2 Å². The standard InChI is InChI=1S/C15H14BrNO3S/c1-10-9-13(16)5-8-15(10)17-21(19,20)14-6-3-12(4-7-14)11(2)18/h3-9,17H,1-2H3. The molecule has 21 heavy (non-hydrogen) atoms. The van der Waals surface area contributed by atoms with E-state index in [0.717, 1.165) is 10.0 Å². The lowest BCUT2D eigenvalue weighted by Crippen LogP contribution is -2.13. The molecule has 0 fully saturated rings. The summed E-state index contributed by atoms with van der Waals surface area (Å²) < 4.78 is 28.1. The van der Waals surface area contributed by atoms with E-state index >= 15 is 0 Å². The lowest BCUT2D eigenvalue weighted by molar-refractivity contribution is 0.101. The first kappa shape index (κ1) is 15.7. The molecule has 0 saturated carbocycles. The molecule has 110 valence electrons. The van der Waals surface area contributed by atoms with Gasteiger partial charge in [-0.15, -0.1) is 0 Å². The zero-order chi connectivity index (χ0) is 15.6. The van der Waals surface area contributed by atoms with Crippen LogP contribution >= 0.6 is 15.9 Å². The summed E-state index contributed by atoms with van der Waals surface area (Å²) in [5, 5.41) is 0. The number of carbonyl (C=O) groups is 1. The van der Waals surface area contributed by atoms with E-state index in [0.29, 0.717) is 11.3 Å². The Morgan fingerprint density at radius 1 is 1.10 bits per heavy atom. The fraction of sp³-hybridized carbons (Fsp3) is 0.133. The number of nitrogens with one attached hydrogen (secondary N) is 1. The number of rotatable bonds is 4. The average Bonchev–Trinajstić information content (AvgIpc) is 2.42. The summed E-state index contributed by atoms with van der Waals surface area (Å²) in [7, 11) is -3.67. The van der Waals surface area contributed by atoms with Crippen molar-refractivity contribution in [3.05, 3.63) is 58.1 Å². The second-order valence-electron chi connectivity index (χ2n) is 4.65. The third kappa shape index (κ3) is 3.71. The van der Waals surface area contributed by atoms with Gasteiger partial charge in [0.2, 0.25) is 0 Å². The van der Waals surface area contributed by atoms with Crippen LogP contribution in [0.4, 0.5) is 5.69 Å². The first-order valence-electron chi connectivity index (χ1n) is 6.19. The summed E-state index contributed by atoms with van der Waals surface area (Å²) >= 11 is 3.33. The van der Waals surface area contributed by atoms with Crippen molar-refractivity contribution < 1.29 is 13.2 Å². The molecule has 0 aromatic heterocycles. The van der Waals surface area contributed by atoms with Crippen molar-refractivity contribution in [1.29, 1.82) is 0 Å². The van der Waals surface area contributed by atoms with E-state index in [1.54, 1.807) is 12.1 Å². The molecule has 0 unspecified atom stereocenters. The van der Waals surface area contributed by atoms with Crippen molar-refractivity contribution in [2.75, 3.05) is 4.72 Å². The van der Waals surface area contributed by atoms with Crippen molar-refractivity contribution in [2.24, 2.45) is 0 Å². The molecule has 1 N–H and O–H groups in total. The molecular weight excluding hydrogens is 354 g/mol. The fourth-order valence-electron chi connectivity index (χ4n) is 1.81. The molecule has 2 aromatic carbocycles. The third-order valence-corrected chi connectivity index (χ3v) is 4.88. The Kier molecular flexibility index (Phi) is 4.49. The SMILES string of the molecule is CC(=O)c1ccc(S(=O)(=O)Nc2ccc(Br)cc2C)cc1. The topological polar surface area (TPSA) is 63.2 Å². The molecule has 0 spiro atoms. The van der Waals surface area contributed by atoms with Gasteiger partial charge in [-0.2, -0.15) is 0 Å². The number of Topliss-reactive ketones (excluding diaryl/α,β-unsaturated/α-hetero) is 1. The van der Waals surface area contributed by atoms with Crippen LogP contribution in [0.5, 0.6) is 0 Å². The summed E-state index contributed by atoms with van der Waals surface area (Å²) in [6.45, 7) is 3.26. The number of hydrogen-bond donors (Lipinski definition) is 1. The van der Waals surface area contributed by atoms with Crippen molar-refractivity contribution in [2.45, 2.75) is 18.7 Å². The Labute approximate surface area is 132 Å². The quantitative estimate of drug-likeness (QED) is 0.836. The van der Waals surface area contributed by atoms with E-state index in [4.69, 9.17) is 0 Å². The second kappa shape index (κ2) is 5.99. The molecule has 6 heteroatoms. The summed E-state index contributed by atoms with van der Waals surface area (Å²) in [4.78, 5) is 11.3. The van der Waals surface area contributed by atoms with Gasteiger partial charge < -0.3 is 0 Å². The normalized spacial score (nSPS) is 11.2. The number of ketones is 1. The Hall–Kier alpha value is -1.66. The minimum absolute atomic E-state index is 0.101. The van der Waals surface area contributed by atoms with E-state index in [1.807, 2.05) is 13.0 Å². The van der Waals surface area contributed by atoms with Crippen LogP contribution in [0, 0.1) is 6.92 Å². The molecule has 0 heterocycles. The molecule has 0 aliphatic carbocycles. The van der Waals surface area contributed by atoms with Gasteiger partial charge in [-0.3, -0.25) is 9.52 Å². The summed E-state index contributed by atoms with van der Waals surface area (Å²) in [5.41, 5.74) is 1.82. The Balaban J connectivity index is 2.31. The van der Waals surface area contributed by atoms with Crippen LogP contribution in [-0.4, -0.2) is 14.2 Å². The van der Waals surface area contributed by atoms with E-state index in [1.165, 1.54) is 31.2 Å². The number of hydrogen-bond acceptors (Lipinski definition) is 3. The Bertz CT molecular complexity index is 783. The van der Waals surface area contributed by atoms with E-state index in [-0.39, 0.29) is 10.7 Å². The Morgan fingerprint density at radius 3 is 2.24 bits per heavy atom. The molecule has 4 nitrogen and oxygen atoms in total. The summed E-state index contributed by atoms with van der Waals surface area (Å²) in [5.74, 6) is -0.101. The van der Waals surface area contributed by atoms with Crippen molar-refractivity contribution in [3.8, 4) is 0 Å². The van der Waals surface area contributed by atoms with Gasteiger partial charge in [0.25, 0.3) is 10.0 Å². The molecule has 2 aromatic rings. The van der Waals surface area contributed by atoms with Crippen molar-refractivity contribution in [3.63, 3.8) is 0 Å². The van der Waals surface area contributed by atoms with Crippen molar-refractivity contribution in [1.82, 2.24) is 0 Å². The van der Waals surface area contributed by atoms with E-state index < -0.39 is 10.0 Å². The first-order valence-corrected chi connectivity index (χ1v) is 8.47. The molecule has 0 aliphatic rings. The van der Waals surface area contributed by atoms with Crippen LogP contribution < -0.4 is 4.72 Å². The lowest BCUT2D eigenvalue weighted by Gasteiger charge is -2.11. The van der Waals surface area contributed by atoms with Crippen LogP contribution in [0.2, 0.25) is 0 Å². The largest absolute Gasteiger partial charge is 0.295 e. The first-order chi connectivity index (χ1) is 9.79. The van der Waals surface area contributed by atoms with Gasteiger partial charge >= 0.3 is 0 Å². The molecule has 0 bridgehead atoms. The maximum absolute atomic E-state index is 12.3. The zero-order valence-electron chi connectivity index (χ0n) is 11.6. The fourth-order valence-corrected chi connectivity index (χ4v) is 3.42. The Morgan fingerprint density at radius 2 is 1.71 bits per heavy atom. The monoisotopic (exact) mass is 367 g/mol. The highest BCUT2D eigenvalue weighted by atomic mass is 79.9. The van der Waals surface area contributed by atoms with Gasteiger partial charge in [0, 0.05) is 10.0 Å². The molecule has 0 amide bonds. The van der Waals surface area contributed by atoms with Crippen LogP contribution in [0.3, 0.4) is 0 Å². The number of halogens is 1. The minimum Gasteiger partial charge on any atom is -0.295 e.